The second-order valence-corrected chi connectivity index (χ2v) is 4.61. The number of nitrogens with zero attached hydrogens (tertiary/aromatic N) is 3. The number of carbonyl (C=O) groups excluding carboxylic acids is 1. The highest BCUT2D eigenvalue weighted by atomic mass is 16.5. The van der Waals surface area contributed by atoms with E-state index in [4.69, 9.17) is 10.00 Å². The van der Waals surface area contributed by atoms with Crippen LogP contribution in [-0.4, -0.2) is 35.0 Å². The van der Waals surface area contributed by atoms with Crippen LogP contribution in [0.3, 0.4) is 0 Å². The SMILES string of the molecule is CCCC(=O)N1CCC(Oc2cc(C#N)ccn2)C1. The zero-order valence-corrected chi connectivity index (χ0v) is 11.0. The zero-order valence-electron chi connectivity index (χ0n) is 11.0. The monoisotopic (exact) mass is 259 g/mol. The summed E-state index contributed by atoms with van der Waals surface area (Å²) in [6, 6.07) is 5.31. The Kier molecular flexibility index (Phi) is 4.35. The molecule has 1 saturated heterocycles. The fraction of sp³-hybridized carbons (Fsp3) is 0.500. The smallest absolute Gasteiger partial charge is 0.222 e. The van der Waals surface area contributed by atoms with Crippen molar-refractivity contribution in [2.45, 2.75) is 32.3 Å². The molecular formula is C14H17N3O2. The van der Waals surface area contributed by atoms with Gasteiger partial charge in [-0.1, -0.05) is 6.92 Å². The summed E-state index contributed by atoms with van der Waals surface area (Å²) in [5, 5.41) is 8.81. The molecule has 0 aliphatic carbocycles. The van der Waals surface area contributed by atoms with Crippen LogP contribution in [0.2, 0.25) is 0 Å². The molecule has 1 atom stereocenters. The van der Waals surface area contributed by atoms with Gasteiger partial charge < -0.3 is 9.64 Å². The van der Waals surface area contributed by atoms with Crippen molar-refractivity contribution in [1.29, 1.82) is 5.26 Å². The minimum absolute atomic E-state index is 0.0257. The van der Waals surface area contributed by atoms with Gasteiger partial charge in [0, 0.05) is 31.6 Å². The molecule has 5 heteroatoms. The summed E-state index contributed by atoms with van der Waals surface area (Å²) in [6.07, 6.45) is 3.81. The average Bonchev–Trinajstić information content (AvgIpc) is 2.88. The molecule has 1 aromatic heterocycles. The molecule has 5 nitrogen and oxygen atoms in total. The van der Waals surface area contributed by atoms with E-state index >= 15 is 0 Å². The minimum atomic E-state index is -0.0257. The minimum Gasteiger partial charge on any atom is -0.472 e. The van der Waals surface area contributed by atoms with E-state index in [9.17, 15) is 4.79 Å². The van der Waals surface area contributed by atoms with E-state index in [1.54, 1.807) is 18.3 Å². The van der Waals surface area contributed by atoms with Gasteiger partial charge in [0.05, 0.1) is 18.2 Å². The van der Waals surface area contributed by atoms with Crippen molar-refractivity contribution in [3.05, 3.63) is 23.9 Å². The number of carbonyl (C=O) groups is 1. The van der Waals surface area contributed by atoms with Crippen molar-refractivity contribution in [2.75, 3.05) is 13.1 Å². The number of rotatable bonds is 4. The zero-order chi connectivity index (χ0) is 13.7. The van der Waals surface area contributed by atoms with Crippen LogP contribution in [0.5, 0.6) is 5.88 Å². The van der Waals surface area contributed by atoms with Crippen LogP contribution in [0, 0.1) is 11.3 Å². The molecule has 2 heterocycles. The van der Waals surface area contributed by atoms with E-state index in [1.165, 1.54) is 0 Å². The first kappa shape index (κ1) is 13.3. The van der Waals surface area contributed by atoms with Crippen molar-refractivity contribution >= 4 is 5.91 Å². The Labute approximate surface area is 112 Å². The van der Waals surface area contributed by atoms with E-state index in [1.807, 2.05) is 11.8 Å². The number of pyridine rings is 1. The number of hydrogen-bond donors (Lipinski definition) is 0. The van der Waals surface area contributed by atoms with Crippen molar-refractivity contribution in [1.82, 2.24) is 9.88 Å². The normalized spacial score (nSPS) is 18.1. The average molecular weight is 259 g/mol. The summed E-state index contributed by atoms with van der Waals surface area (Å²) in [5.41, 5.74) is 0.530. The molecule has 1 amide bonds. The second kappa shape index (κ2) is 6.19. The molecule has 1 aliphatic heterocycles. The molecule has 0 saturated carbocycles. The second-order valence-electron chi connectivity index (χ2n) is 4.61. The van der Waals surface area contributed by atoms with Gasteiger partial charge in [-0.3, -0.25) is 4.79 Å². The van der Waals surface area contributed by atoms with Crippen LogP contribution in [-0.2, 0) is 4.79 Å². The summed E-state index contributed by atoms with van der Waals surface area (Å²) in [5.74, 6) is 0.640. The number of aromatic nitrogens is 1. The Balaban J connectivity index is 1.91. The van der Waals surface area contributed by atoms with E-state index in [0.717, 1.165) is 19.4 Å². The van der Waals surface area contributed by atoms with Crippen LogP contribution < -0.4 is 4.74 Å². The maximum absolute atomic E-state index is 11.8. The summed E-state index contributed by atoms with van der Waals surface area (Å²) in [4.78, 5) is 17.7. The lowest BCUT2D eigenvalue weighted by molar-refractivity contribution is -0.130. The molecule has 0 spiro atoms. The van der Waals surface area contributed by atoms with Crippen LogP contribution in [0.4, 0.5) is 0 Å². The van der Waals surface area contributed by atoms with Crippen LogP contribution in [0.25, 0.3) is 0 Å². The third-order valence-corrected chi connectivity index (χ3v) is 3.11. The summed E-state index contributed by atoms with van der Waals surface area (Å²) >= 11 is 0. The molecule has 0 N–H and O–H groups in total. The highest BCUT2D eigenvalue weighted by Crippen LogP contribution is 2.18. The van der Waals surface area contributed by atoms with Crippen LogP contribution in [0.15, 0.2) is 18.3 Å². The lowest BCUT2D eigenvalue weighted by atomic mass is 10.3. The highest BCUT2D eigenvalue weighted by Gasteiger charge is 2.27. The van der Waals surface area contributed by atoms with Crippen molar-refractivity contribution in [2.24, 2.45) is 0 Å². The van der Waals surface area contributed by atoms with Gasteiger partial charge >= 0.3 is 0 Å². The molecule has 1 aromatic rings. The molecular weight excluding hydrogens is 242 g/mol. The number of likely N-dealkylation sites (tertiary alicyclic amines) is 1. The molecule has 1 aliphatic rings. The number of hydrogen-bond acceptors (Lipinski definition) is 4. The molecule has 100 valence electrons. The lowest BCUT2D eigenvalue weighted by Crippen LogP contribution is -2.30. The quantitative estimate of drug-likeness (QED) is 0.826. The van der Waals surface area contributed by atoms with Gasteiger partial charge in [-0.25, -0.2) is 4.98 Å². The van der Waals surface area contributed by atoms with Gasteiger partial charge in [0.25, 0.3) is 0 Å². The fourth-order valence-corrected chi connectivity index (χ4v) is 2.14. The first-order chi connectivity index (χ1) is 9.22. The van der Waals surface area contributed by atoms with E-state index in [2.05, 4.69) is 11.1 Å². The molecule has 19 heavy (non-hydrogen) atoms. The molecule has 2 rings (SSSR count). The fourth-order valence-electron chi connectivity index (χ4n) is 2.14. The van der Waals surface area contributed by atoms with Gasteiger partial charge in [-0.05, 0) is 12.5 Å². The Morgan fingerprint density at radius 2 is 2.53 bits per heavy atom. The van der Waals surface area contributed by atoms with Crippen LogP contribution >= 0.6 is 0 Å². The summed E-state index contributed by atoms with van der Waals surface area (Å²) in [7, 11) is 0. The third-order valence-electron chi connectivity index (χ3n) is 3.11. The Bertz CT molecular complexity index is 496. The van der Waals surface area contributed by atoms with Crippen molar-refractivity contribution in [3.8, 4) is 11.9 Å². The largest absolute Gasteiger partial charge is 0.472 e. The predicted octanol–water partition coefficient (Wildman–Crippen LogP) is 1.73. The van der Waals surface area contributed by atoms with Gasteiger partial charge in [0.15, 0.2) is 0 Å². The topological polar surface area (TPSA) is 66.2 Å². The molecule has 1 fully saturated rings. The number of ether oxygens (including phenoxy) is 1. The molecule has 0 aromatic carbocycles. The standard InChI is InChI=1S/C14H17N3O2/c1-2-3-14(18)17-7-5-12(10-17)19-13-8-11(9-15)4-6-16-13/h4,6,8,12H,2-3,5,7,10H2,1H3. The van der Waals surface area contributed by atoms with Crippen LogP contribution in [0.1, 0.15) is 31.7 Å². The van der Waals surface area contributed by atoms with Gasteiger partial charge in [-0.2, -0.15) is 5.26 Å². The predicted molar refractivity (Wildman–Crippen MR) is 69.5 cm³/mol. The molecule has 1 unspecified atom stereocenters. The number of nitriles is 1. The Hall–Kier alpha value is -2.09. The van der Waals surface area contributed by atoms with Crippen molar-refractivity contribution in [3.63, 3.8) is 0 Å². The molecule has 0 radical (unpaired) electrons. The Morgan fingerprint density at radius 3 is 3.26 bits per heavy atom. The maximum atomic E-state index is 11.8. The van der Waals surface area contributed by atoms with E-state index in [0.29, 0.717) is 24.4 Å². The van der Waals surface area contributed by atoms with Gasteiger partial charge in [-0.15, -0.1) is 0 Å². The maximum Gasteiger partial charge on any atom is 0.222 e. The number of amides is 1. The summed E-state index contributed by atoms with van der Waals surface area (Å²) < 4.78 is 5.72. The highest BCUT2D eigenvalue weighted by molar-refractivity contribution is 5.76. The van der Waals surface area contributed by atoms with Crippen molar-refractivity contribution < 1.29 is 9.53 Å². The Morgan fingerprint density at radius 1 is 1.68 bits per heavy atom. The summed E-state index contributed by atoms with van der Waals surface area (Å²) in [6.45, 7) is 3.35. The lowest BCUT2D eigenvalue weighted by Gasteiger charge is -2.16. The third kappa shape index (κ3) is 3.44. The van der Waals surface area contributed by atoms with Gasteiger partial charge in [0.1, 0.15) is 6.10 Å². The molecule has 0 bridgehead atoms. The van der Waals surface area contributed by atoms with E-state index < -0.39 is 0 Å². The van der Waals surface area contributed by atoms with Gasteiger partial charge in [0.2, 0.25) is 11.8 Å². The first-order valence-electron chi connectivity index (χ1n) is 6.53. The van der Waals surface area contributed by atoms with E-state index in [-0.39, 0.29) is 12.0 Å². The first-order valence-corrected chi connectivity index (χ1v) is 6.53.